The summed E-state index contributed by atoms with van der Waals surface area (Å²) >= 11 is 5.54. The lowest BCUT2D eigenvalue weighted by atomic mass is 9.97. The van der Waals surface area contributed by atoms with E-state index in [-0.39, 0.29) is 11.6 Å². The number of sulfonamides is 1. The summed E-state index contributed by atoms with van der Waals surface area (Å²) in [5.41, 5.74) is 0. The normalized spacial score (nSPS) is 24.7. The summed E-state index contributed by atoms with van der Waals surface area (Å²) in [6.45, 7) is 6.02. The van der Waals surface area contributed by atoms with Gasteiger partial charge in [0.05, 0.1) is 19.0 Å². The Kier molecular flexibility index (Phi) is 5.89. The SMILES string of the molecule is O=S(=O)(CCCl)N1CCC(CN2CCOCC2)CC1. The highest BCUT2D eigenvalue weighted by Gasteiger charge is 2.28. The van der Waals surface area contributed by atoms with Crippen molar-refractivity contribution in [3.05, 3.63) is 0 Å². The second kappa shape index (κ2) is 7.22. The minimum absolute atomic E-state index is 0.0582. The first-order valence-electron chi connectivity index (χ1n) is 6.96. The van der Waals surface area contributed by atoms with Gasteiger partial charge in [-0.25, -0.2) is 12.7 Å². The molecule has 112 valence electrons. The monoisotopic (exact) mass is 310 g/mol. The number of ether oxygens (including phenoxy) is 1. The molecule has 2 aliphatic heterocycles. The lowest BCUT2D eigenvalue weighted by Crippen LogP contribution is -2.44. The quantitative estimate of drug-likeness (QED) is 0.698. The summed E-state index contributed by atoms with van der Waals surface area (Å²) < 4.78 is 30.7. The van der Waals surface area contributed by atoms with Gasteiger partial charge in [-0.3, -0.25) is 4.90 Å². The van der Waals surface area contributed by atoms with E-state index in [2.05, 4.69) is 4.90 Å². The number of piperidine rings is 1. The number of hydrogen-bond acceptors (Lipinski definition) is 4. The number of nitrogens with zero attached hydrogens (tertiary/aromatic N) is 2. The molecular weight excluding hydrogens is 288 g/mol. The molecule has 5 nitrogen and oxygen atoms in total. The number of hydrogen-bond donors (Lipinski definition) is 0. The average Bonchev–Trinajstić information content (AvgIpc) is 2.40. The van der Waals surface area contributed by atoms with E-state index in [9.17, 15) is 8.42 Å². The van der Waals surface area contributed by atoms with E-state index in [1.807, 2.05) is 0 Å². The van der Waals surface area contributed by atoms with Gasteiger partial charge >= 0.3 is 0 Å². The maximum Gasteiger partial charge on any atom is 0.215 e. The van der Waals surface area contributed by atoms with Crippen molar-refractivity contribution in [2.75, 3.05) is 57.6 Å². The first-order chi connectivity index (χ1) is 9.12. The highest BCUT2D eigenvalue weighted by atomic mass is 35.5. The molecule has 0 aromatic carbocycles. The molecule has 0 spiro atoms. The van der Waals surface area contributed by atoms with E-state index in [1.165, 1.54) is 0 Å². The zero-order valence-corrected chi connectivity index (χ0v) is 12.8. The second-order valence-corrected chi connectivity index (χ2v) is 7.73. The second-order valence-electron chi connectivity index (χ2n) is 5.26. The van der Waals surface area contributed by atoms with Gasteiger partial charge in [-0.1, -0.05) is 0 Å². The predicted octanol–water partition coefficient (Wildman–Crippen LogP) is 0.599. The minimum atomic E-state index is -3.12. The summed E-state index contributed by atoms with van der Waals surface area (Å²) in [5, 5.41) is 0. The van der Waals surface area contributed by atoms with Gasteiger partial charge in [0.25, 0.3) is 0 Å². The van der Waals surface area contributed by atoms with Gasteiger partial charge in [-0.2, -0.15) is 0 Å². The first-order valence-corrected chi connectivity index (χ1v) is 9.10. The fourth-order valence-corrected chi connectivity index (χ4v) is 4.55. The summed E-state index contributed by atoms with van der Waals surface area (Å²) in [6.07, 6.45) is 1.91. The zero-order valence-electron chi connectivity index (χ0n) is 11.3. The molecule has 2 rings (SSSR count). The minimum Gasteiger partial charge on any atom is -0.379 e. The van der Waals surface area contributed by atoms with E-state index in [0.29, 0.717) is 19.0 Å². The van der Waals surface area contributed by atoms with Gasteiger partial charge in [0.15, 0.2) is 0 Å². The van der Waals surface area contributed by atoms with Crippen molar-refractivity contribution < 1.29 is 13.2 Å². The van der Waals surface area contributed by atoms with E-state index in [4.69, 9.17) is 16.3 Å². The Hall–Kier alpha value is 0.120. The third-order valence-electron chi connectivity index (χ3n) is 3.92. The third-order valence-corrected chi connectivity index (χ3v) is 6.21. The Bertz CT molecular complexity index is 363. The van der Waals surface area contributed by atoms with E-state index in [1.54, 1.807) is 4.31 Å². The van der Waals surface area contributed by atoms with Crippen LogP contribution in [0.1, 0.15) is 12.8 Å². The molecule has 0 N–H and O–H groups in total. The summed E-state index contributed by atoms with van der Waals surface area (Å²) in [7, 11) is -3.12. The van der Waals surface area contributed by atoms with Crippen LogP contribution in [-0.4, -0.2) is 75.2 Å². The molecule has 0 bridgehead atoms. The van der Waals surface area contributed by atoms with Crippen LogP contribution in [0.5, 0.6) is 0 Å². The summed E-state index contributed by atoms with van der Waals surface area (Å²) in [5.74, 6) is 0.846. The van der Waals surface area contributed by atoms with Crippen molar-refractivity contribution in [3.8, 4) is 0 Å². The maximum absolute atomic E-state index is 11.9. The standard InChI is InChI=1S/C12H23ClN2O3S/c13-3-10-19(16,17)15-4-1-12(2-5-15)11-14-6-8-18-9-7-14/h12H,1-11H2. The van der Waals surface area contributed by atoms with Crippen molar-refractivity contribution in [1.82, 2.24) is 9.21 Å². The van der Waals surface area contributed by atoms with Gasteiger partial charge in [-0.05, 0) is 18.8 Å². The molecule has 2 saturated heterocycles. The number of rotatable bonds is 5. The predicted molar refractivity (Wildman–Crippen MR) is 76.1 cm³/mol. The van der Waals surface area contributed by atoms with Gasteiger partial charge in [0.2, 0.25) is 10.0 Å². The molecule has 2 heterocycles. The van der Waals surface area contributed by atoms with Gasteiger partial charge in [0.1, 0.15) is 0 Å². The molecule has 0 aliphatic carbocycles. The first kappa shape index (κ1) is 15.5. The molecule has 0 radical (unpaired) electrons. The van der Waals surface area contributed by atoms with Crippen molar-refractivity contribution in [3.63, 3.8) is 0 Å². The Morgan fingerprint density at radius 3 is 2.32 bits per heavy atom. The molecule has 2 aliphatic rings. The van der Waals surface area contributed by atoms with Crippen molar-refractivity contribution >= 4 is 21.6 Å². The number of morpholine rings is 1. The van der Waals surface area contributed by atoms with Crippen molar-refractivity contribution in [1.29, 1.82) is 0 Å². The fourth-order valence-electron chi connectivity index (χ4n) is 2.75. The maximum atomic E-state index is 11.9. The molecule has 0 unspecified atom stereocenters. The molecule has 0 atom stereocenters. The van der Waals surface area contributed by atoms with Crippen molar-refractivity contribution in [2.24, 2.45) is 5.92 Å². The fraction of sp³-hybridized carbons (Fsp3) is 1.00. The van der Waals surface area contributed by atoms with Gasteiger partial charge in [0, 0.05) is 38.6 Å². The van der Waals surface area contributed by atoms with Gasteiger partial charge in [-0.15, -0.1) is 11.6 Å². The summed E-state index contributed by atoms with van der Waals surface area (Å²) in [6, 6.07) is 0. The van der Waals surface area contributed by atoms with Crippen LogP contribution in [-0.2, 0) is 14.8 Å². The molecule has 2 fully saturated rings. The van der Waals surface area contributed by atoms with Gasteiger partial charge < -0.3 is 4.74 Å². The highest BCUT2D eigenvalue weighted by Crippen LogP contribution is 2.21. The molecule has 0 saturated carbocycles. The van der Waals surface area contributed by atoms with Crippen LogP contribution in [0.15, 0.2) is 0 Å². The topological polar surface area (TPSA) is 49.9 Å². The Balaban J connectivity index is 1.75. The smallest absolute Gasteiger partial charge is 0.215 e. The van der Waals surface area contributed by atoms with E-state index >= 15 is 0 Å². The largest absolute Gasteiger partial charge is 0.379 e. The van der Waals surface area contributed by atoms with Crippen LogP contribution in [0, 0.1) is 5.92 Å². The Morgan fingerprint density at radius 1 is 1.11 bits per heavy atom. The molecule has 0 aromatic rings. The highest BCUT2D eigenvalue weighted by molar-refractivity contribution is 7.89. The third kappa shape index (κ3) is 4.56. The van der Waals surface area contributed by atoms with E-state index in [0.717, 1.165) is 45.7 Å². The van der Waals surface area contributed by atoms with Crippen LogP contribution in [0.25, 0.3) is 0 Å². The van der Waals surface area contributed by atoms with Crippen LogP contribution in [0.2, 0.25) is 0 Å². The summed E-state index contributed by atoms with van der Waals surface area (Å²) in [4.78, 5) is 2.43. The average molecular weight is 311 g/mol. The number of halogens is 1. The lowest BCUT2D eigenvalue weighted by molar-refractivity contribution is 0.0269. The lowest BCUT2D eigenvalue weighted by Gasteiger charge is -2.35. The van der Waals surface area contributed by atoms with E-state index < -0.39 is 10.0 Å². The van der Waals surface area contributed by atoms with Crippen molar-refractivity contribution in [2.45, 2.75) is 12.8 Å². The zero-order chi connectivity index (χ0) is 13.7. The van der Waals surface area contributed by atoms with Crippen LogP contribution < -0.4 is 0 Å². The molecule has 7 heteroatoms. The Labute approximate surface area is 120 Å². The molecule has 0 aromatic heterocycles. The van der Waals surface area contributed by atoms with Crippen LogP contribution in [0.4, 0.5) is 0 Å². The van der Waals surface area contributed by atoms with Crippen LogP contribution >= 0.6 is 11.6 Å². The van der Waals surface area contributed by atoms with Crippen LogP contribution in [0.3, 0.4) is 0 Å². The molecule has 19 heavy (non-hydrogen) atoms. The number of alkyl halides is 1. The molecular formula is C12H23ClN2O3S. The molecule has 0 amide bonds. The Morgan fingerprint density at radius 2 is 1.74 bits per heavy atom.